The second kappa shape index (κ2) is 9.74. The molecule has 7 nitrogen and oxygen atoms in total. The van der Waals surface area contributed by atoms with Crippen molar-refractivity contribution in [3.63, 3.8) is 0 Å². The first-order valence-electron chi connectivity index (χ1n) is 10.1. The Balaban J connectivity index is 1.62. The monoisotopic (exact) mass is 476 g/mol. The number of rotatable bonds is 6. The molecule has 2 heterocycles. The van der Waals surface area contributed by atoms with E-state index in [1.807, 2.05) is 6.07 Å². The molecule has 0 spiro atoms. The Morgan fingerprint density at radius 1 is 1.21 bits per heavy atom. The van der Waals surface area contributed by atoms with E-state index in [1.54, 1.807) is 24.3 Å². The lowest BCUT2D eigenvalue weighted by Gasteiger charge is -2.29. The molecule has 4 rings (SSSR count). The summed E-state index contributed by atoms with van der Waals surface area (Å²) in [4.78, 5) is 21.5. The van der Waals surface area contributed by atoms with Gasteiger partial charge in [0.05, 0.1) is 35.1 Å². The molecule has 0 bridgehead atoms. The topological polar surface area (TPSA) is 78.7 Å². The summed E-state index contributed by atoms with van der Waals surface area (Å²) in [6.45, 7) is 3.65. The van der Waals surface area contributed by atoms with Crippen LogP contribution in [0, 0.1) is 11.3 Å². The summed E-state index contributed by atoms with van der Waals surface area (Å²) in [5.74, 6) is -0.651. The molecule has 3 aromatic rings. The van der Waals surface area contributed by atoms with Gasteiger partial charge in [-0.05, 0) is 36.4 Å². The van der Waals surface area contributed by atoms with Crippen LogP contribution in [0.2, 0.25) is 0 Å². The molecule has 1 aliphatic rings. The van der Waals surface area contributed by atoms with Gasteiger partial charge in [0.2, 0.25) is 0 Å². The molecule has 172 valence electrons. The number of benzene rings is 2. The number of carbonyl (C=O) groups excluding carboxylic acids is 1. The van der Waals surface area contributed by atoms with E-state index in [4.69, 9.17) is 10.00 Å². The van der Waals surface area contributed by atoms with Gasteiger partial charge in [-0.1, -0.05) is 11.3 Å². The molecule has 11 heteroatoms. The van der Waals surface area contributed by atoms with Crippen molar-refractivity contribution < 1.29 is 27.4 Å². The number of amides is 1. The van der Waals surface area contributed by atoms with Gasteiger partial charge in [-0.25, -0.2) is 4.98 Å². The van der Waals surface area contributed by atoms with Crippen LogP contribution in [0.4, 0.5) is 18.3 Å². The lowest BCUT2D eigenvalue weighted by Crippen LogP contribution is -2.43. The molecule has 1 fully saturated rings. The molecule has 0 atom stereocenters. The van der Waals surface area contributed by atoms with Gasteiger partial charge >= 0.3 is 6.36 Å². The van der Waals surface area contributed by atoms with Gasteiger partial charge in [0.25, 0.3) is 5.91 Å². The molecule has 0 N–H and O–H groups in total. The van der Waals surface area contributed by atoms with Gasteiger partial charge in [-0.3, -0.25) is 14.6 Å². The Hall–Kier alpha value is -3.20. The molecule has 0 radical (unpaired) electrons. The SMILES string of the molecule is N#Cc1ccc(C(=O)N(CCN2CCOCC2)c2nc3ccc(OC(F)(F)F)cc3s2)cc1. The summed E-state index contributed by atoms with van der Waals surface area (Å²) in [7, 11) is 0. The van der Waals surface area contributed by atoms with Crippen LogP contribution in [0.15, 0.2) is 42.5 Å². The number of halogens is 3. The molecule has 1 amide bonds. The molecule has 1 saturated heterocycles. The molecule has 0 unspecified atom stereocenters. The molecule has 0 aliphatic carbocycles. The average Bonchev–Trinajstić information content (AvgIpc) is 3.21. The Kier molecular flexibility index (Phi) is 6.78. The summed E-state index contributed by atoms with van der Waals surface area (Å²) >= 11 is 1.11. The highest BCUT2D eigenvalue weighted by atomic mass is 32.1. The minimum absolute atomic E-state index is 0.307. The van der Waals surface area contributed by atoms with Gasteiger partial charge < -0.3 is 9.47 Å². The number of morpholine rings is 1. The number of nitrogens with zero attached hydrogens (tertiary/aromatic N) is 4. The zero-order valence-electron chi connectivity index (χ0n) is 17.3. The Bertz CT molecular complexity index is 1170. The van der Waals surface area contributed by atoms with Gasteiger partial charge in [0.1, 0.15) is 5.75 Å². The predicted octanol–water partition coefficient (Wildman–Crippen LogP) is 4.05. The maximum Gasteiger partial charge on any atom is 0.573 e. The van der Waals surface area contributed by atoms with E-state index >= 15 is 0 Å². The summed E-state index contributed by atoms with van der Waals surface area (Å²) < 4.78 is 47.6. The quantitative estimate of drug-likeness (QED) is 0.534. The van der Waals surface area contributed by atoms with Crippen molar-refractivity contribution in [3.8, 4) is 11.8 Å². The number of anilines is 1. The van der Waals surface area contributed by atoms with Crippen LogP contribution >= 0.6 is 11.3 Å². The minimum atomic E-state index is -4.79. The summed E-state index contributed by atoms with van der Waals surface area (Å²) in [6, 6.07) is 12.2. The number of nitriles is 1. The van der Waals surface area contributed by atoms with Gasteiger partial charge in [-0.2, -0.15) is 5.26 Å². The summed E-state index contributed by atoms with van der Waals surface area (Å²) in [5.41, 5.74) is 1.29. The predicted molar refractivity (Wildman–Crippen MR) is 116 cm³/mol. The highest BCUT2D eigenvalue weighted by Crippen LogP contribution is 2.34. The lowest BCUT2D eigenvalue weighted by atomic mass is 10.1. The van der Waals surface area contributed by atoms with Gasteiger partial charge in [-0.15, -0.1) is 13.2 Å². The third kappa shape index (κ3) is 5.78. The van der Waals surface area contributed by atoms with E-state index in [2.05, 4.69) is 14.6 Å². The van der Waals surface area contributed by atoms with E-state index in [0.29, 0.717) is 52.8 Å². The van der Waals surface area contributed by atoms with Crippen molar-refractivity contribution in [3.05, 3.63) is 53.6 Å². The van der Waals surface area contributed by atoms with Gasteiger partial charge in [0, 0.05) is 37.8 Å². The zero-order chi connectivity index (χ0) is 23.4. The molecular formula is C22H19F3N4O3S. The van der Waals surface area contributed by atoms with Crippen molar-refractivity contribution in [2.24, 2.45) is 0 Å². The van der Waals surface area contributed by atoms with Crippen LogP contribution in [-0.4, -0.2) is 61.5 Å². The minimum Gasteiger partial charge on any atom is -0.406 e. The van der Waals surface area contributed by atoms with E-state index in [0.717, 1.165) is 24.4 Å². The number of fused-ring (bicyclic) bond motifs is 1. The first-order valence-corrected chi connectivity index (χ1v) is 10.9. The van der Waals surface area contributed by atoms with E-state index in [-0.39, 0.29) is 11.7 Å². The molecule has 33 heavy (non-hydrogen) atoms. The smallest absolute Gasteiger partial charge is 0.406 e. The van der Waals surface area contributed by atoms with Gasteiger partial charge in [0.15, 0.2) is 5.13 Å². The fourth-order valence-electron chi connectivity index (χ4n) is 3.40. The van der Waals surface area contributed by atoms with Crippen molar-refractivity contribution in [1.29, 1.82) is 5.26 Å². The van der Waals surface area contributed by atoms with Crippen LogP contribution in [0.1, 0.15) is 15.9 Å². The summed E-state index contributed by atoms with van der Waals surface area (Å²) in [5, 5.41) is 9.38. The van der Waals surface area contributed by atoms with Crippen molar-refractivity contribution in [1.82, 2.24) is 9.88 Å². The number of carbonyl (C=O) groups is 1. The van der Waals surface area contributed by atoms with Crippen LogP contribution in [-0.2, 0) is 4.74 Å². The second-order valence-electron chi connectivity index (χ2n) is 7.27. The van der Waals surface area contributed by atoms with E-state index < -0.39 is 6.36 Å². The normalized spacial score (nSPS) is 14.7. The fraction of sp³-hybridized carbons (Fsp3) is 0.318. The molecule has 1 aliphatic heterocycles. The second-order valence-corrected chi connectivity index (χ2v) is 8.28. The number of ether oxygens (including phenoxy) is 2. The Morgan fingerprint density at radius 3 is 2.61 bits per heavy atom. The largest absolute Gasteiger partial charge is 0.573 e. The van der Waals surface area contributed by atoms with E-state index in [1.165, 1.54) is 23.1 Å². The number of hydrogen-bond donors (Lipinski definition) is 0. The van der Waals surface area contributed by atoms with Crippen LogP contribution in [0.5, 0.6) is 5.75 Å². The van der Waals surface area contributed by atoms with Crippen LogP contribution in [0.25, 0.3) is 10.2 Å². The molecular weight excluding hydrogens is 457 g/mol. The zero-order valence-corrected chi connectivity index (χ0v) is 18.2. The maximum atomic E-state index is 13.3. The van der Waals surface area contributed by atoms with Crippen molar-refractivity contribution in [2.45, 2.75) is 6.36 Å². The third-order valence-corrected chi connectivity index (χ3v) is 6.10. The van der Waals surface area contributed by atoms with E-state index in [9.17, 15) is 18.0 Å². The lowest BCUT2D eigenvalue weighted by molar-refractivity contribution is -0.274. The van der Waals surface area contributed by atoms with Crippen LogP contribution in [0.3, 0.4) is 0 Å². The number of hydrogen-bond acceptors (Lipinski definition) is 7. The number of alkyl halides is 3. The first kappa shape index (κ1) is 23.0. The molecule has 0 saturated carbocycles. The highest BCUT2D eigenvalue weighted by molar-refractivity contribution is 7.22. The highest BCUT2D eigenvalue weighted by Gasteiger charge is 2.31. The Morgan fingerprint density at radius 2 is 1.94 bits per heavy atom. The maximum absolute atomic E-state index is 13.3. The summed E-state index contributed by atoms with van der Waals surface area (Å²) in [6.07, 6.45) is -4.79. The number of thiazole rings is 1. The Labute approximate surface area is 191 Å². The van der Waals surface area contributed by atoms with Crippen molar-refractivity contribution >= 4 is 32.6 Å². The average molecular weight is 476 g/mol. The fourth-order valence-corrected chi connectivity index (χ4v) is 4.42. The van der Waals surface area contributed by atoms with Crippen LogP contribution < -0.4 is 9.64 Å². The number of aromatic nitrogens is 1. The van der Waals surface area contributed by atoms with Crippen molar-refractivity contribution in [2.75, 3.05) is 44.3 Å². The molecule has 1 aromatic heterocycles. The standard InChI is InChI=1S/C22H19F3N4O3S/c23-22(24,25)32-17-5-6-18-19(13-17)33-21(27-18)29(8-7-28-9-11-31-12-10-28)20(30)16-3-1-15(14-26)2-4-16/h1-6,13H,7-12H2. The first-order chi connectivity index (χ1) is 15.8. The molecule has 2 aromatic carbocycles. The third-order valence-electron chi connectivity index (χ3n) is 5.06.